The van der Waals surface area contributed by atoms with Crippen LogP contribution in [0.1, 0.15) is 24.8 Å². The minimum atomic E-state index is -0.268. The Morgan fingerprint density at radius 1 is 1.42 bits per heavy atom. The Bertz CT molecular complexity index is 429. The molecule has 1 fully saturated rings. The van der Waals surface area contributed by atoms with E-state index in [4.69, 9.17) is 5.73 Å². The van der Waals surface area contributed by atoms with E-state index in [1.54, 1.807) is 0 Å². The molecule has 1 saturated carbocycles. The maximum absolute atomic E-state index is 13.1. The number of guanidine groups is 1. The van der Waals surface area contributed by atoms with E-state index >= 15 is 0 Å². The highest BCUT2D eigenvalue weighted by molar-refractivity contribution is 14.0. The summed E-state index contributed by atoms with van der Waals surface area (Å²) in [6.45, 7) is 1.28. The van der Waals surface area contributed by atoms with Gasteiger partial charge in [0.2, 0.25) is 0 Å². The van der Waals surface area contributed by atoms with Crippen molar-refractivity contribution in [1.82, 2.24) is 5.32 Å². The van der Waals surface area contributed by atoms with Crippen molar-refractivity contribution in [2.24, 2.45) is 16.6 Å². The maximum Gasteiger partial charge on any atom is 0.188 e. The van der Waals surface area contributed by atoms with Crippen LogP contribution in [0.2, 0.25) is 0 Å². The molecule has 0 heterocycles. The van der Waals surface area contributed by atoms with Gasteiger partial charge in [-0.05, 0) is 42.5 Å². The van der Waals surface area contributed by atoms with E-state index in [9.17, 15) is 4.39 Å². The lowest BCUT2D eigenvalue weighted by Crippen LogP contribution is -2.37. The zero-order valence-electron chi connectivity index (χ0n) is 10.5. The van der Waals surface area contributed by atoms with Crippen molar-refractivity contribution >= 4 is 45.9 Å². The average Bonchev–Trinajstić information content (AvgIpc) is 2.23. The summed E-state index contributed by atoms with van der Waals surface area (Å²) in [7, 11) is 0. The van der Waals surface area contributed by atoms with Crippen LogP contribution in [-0.2, 0) is 6.54 Å². The van der Waals surface area contributed by atoms with Crippen molar-refractivity contribution in [2.45, 2.75) is 25.8 Å². The van der Waals surface area contributed by atoms with Crippen LogP contribution in [0.4, 0.5) is 4.39 Å². The molecule has 0 spiro atoms. The van der Waals surface area contributed by atoms with Crippen LogP contribution in [0.3, 0.4) is 0 Å². The summed E-state index contributed by atoms with van der Waals surface area (Å²) in [6, 6.07) is 4.73. The van der Waals surface area contributed by atoms with Gasteiger partial charge in [0.1, 0.15) is 5.82 Å². The van der Waals surface area contributed by atoms with Gasteiger partial charge in [-0.2, -0.15) is 0 Å². The normalized spacial score (nSPS) is 15.6. The standard InChI is InChI=1S/C13H17BrFN3.HI/c14-11-4-10(5-12(15)6-11)8-18-13(16)17-7-9-2-1-3-9;/h4-6,9H,1-3,7-8H2,(H3,16,17,18);1H. The van der Waals surface area contributed by atoms with E-state index in [0.29, 0.717) is 17.0 Å². The van der Waals surface area contributed by atoms with Crippen LogP contribution < -0.4 is 11.1 Å². The predicted octanol–water partition coefficient (Wildman–Crippen LogP) is 3.41. The molecule has 1 aliphatic rings. The van der Waals surface area contributed by atoms with Crippen LogP contribution in [0.15, 0.2) is 27.7 Å². The Balaban J connectivity index is 0.00000180. The summed E-state index contributed by atoms with van der Waals surface area (Å²) in [5.41, 5.74) is 6.56. The number of nitrogens with two attached hydrogens (primary N) is 1. The fourth-order valence-corrected chi connectivity index (χ4v) is 2.39. The van der Waals surface area contributed by atoms with Gasteiger partial charge in [0.05, 0.1) is 6.54 Å². The van der Waals surface area contributed by atoms with Gasteiger partial charge < -0.3 is 11.1 Å². The third-order valence-electron chi connectivity index (χ3n) is 3.15. The van der Waals surface area contributed by atoms with Gasteiger partial charge in [-0.25, -0.2) is 9.38 Å². The van der Waals surface area contributed by atoms with Crippen molar-refractivity contribution in [3.63, 3.8) is 0 Å². The molecule has 0 bridgehead atoms. The fourth-order valence-electron chi connectivity index (χ4n) is 1.88. The second-order valence-electron chi connectivity index (χ2n) is 4.66. The molecule has 6 heteroatoms. The first kappa shape index (κ1) is 16.7. The van der Waals surface area contributed by atoms with E-state index in [1.165, 1.54) is 31.4 Å². The summed E-state index contributed by atoms with van der Waals surface area (Å²) < 4.78 is 13.9. The zero-order chi connectivity index (χ0) is 13.0. The highest BCUT2D eigenvalue weighted by Gasteiger charge is 2.16. The molecule has 3 N–H and O–H groups in total. The van der Waals surface area contributed by atoms with Crippen LogP contribution in [0, 0.1) is 11.7 Å². The Labute approximate surface area is 138 Å². The van der Waals surface area contributed by atoms with E-state index in [2.05, 4.69) is 26.2 Å². The molecule has 106 valence electrons. The van der Waals surface area contributed by atoms with Crippen LogP contribution in [-0.4, -0.2) is 12.5 Å². The van der Waals surface area contributed by atoms with Gasteiger partial charge in [-0.3, -0.25) is 0 Å². The summed E-state index contributed by atoms with van der Waals surface area (Å²) in [5, 5.41) is 3.11. The predicted molar refractivity (Wildman–Crippen MR) is 90.2 cm³/mol. The molecular formula is C13H18BrFIN3. The van der Waals surface area contributed by atoms with Crippen LogP contribution in [0.25, 0.3) is 0 Å². The first-order chi connectivity index (χ1) is 8.63. The van der Waals surface area contributed by atoms with Gasteiger partial charge in [-0.1, -0.05) is 22.4 Å². The molecule has 3 nitrogen and oxygen atoms in total. The molecule has 1 aromatic carbocycles. The fraction of sp³-hybridized carbons (Fsp3) is 0.462. The van der Waals surface area contributed by atoms with Gasteiger partial charge in [0, 0.05) is 11.0 Å². The SMILES string of the molecule is I.NC(=NCc1cc(F)cc(Br)c1)NCC1CCC1. The maximum atomic E-state index is 13.1. The molecular weight excluding hydrogens is 424 g/mol. The van der Waals surface area contributed by atoms with Crippen molar-refractivity contribution < 1.29 is 4.39 Å². The van der Waals surface area contributed by atoms with Crippen molar-refractivity contribution in [3.8, 4) is 0 Å². The lowest BCUT2D eigenvalue weighted by Gasteiger charge is -2.25. The minimum absolute atomic E-state index is 0. The lowest BCUT2D eigenvalue weighted by molar-refractivity contribution is 0.315. The Hall–Kier alpha value is -0.370. The van der Waals surface area contributed by atoms with E-state index in [1.807, 2.05) is 6.07 Å². The van der Waals surface area contributed by atoms with Gasteiger partial charge in [-0.15, -0.1) is 24.0 Å². The first-order valence-electron chi connectivity index (χ1n) is 6.12. The number of hydrogen-bond donors (Lipinski definition) is 2. The first-order valence-corrected chi connectivity index (χ1v) is 6.91. The average molecular weight is 442 g/mol. The third-order valence-corrected chi connectivity index (χ3v) is 3.61. The number of nitrogens with zero attached hydrogens (tertiary/aromatic N) is 1. The molecule has 0 atom stereocenters. The lowest BCUT2D eigenvalue weighted by atomic mass is 9.85. The Kier molecular flexibility index (Phi) is 7.06. The Morgan fingerprint density at radius 3 is 2.74 bits per heavy atom. The number of aliphatic imine (C=N–C) groups is 1. The zero-order valence-corrected chi connectivity index (χ0v) is 14.5. The van der Waals surface area contributed by atoms with Gasteiger partial charge >= 0.3 is 0 Å². The smallest absolute Gasteiger partial charge is 0.188 e. The van der Waals surface area contributed by atoms with Crippen LogP contribution >= 0.6 is 39.9 Å². The molecule has 0 unspecified atom stereocenters. The molecule has 1 aromatic rings. The number of halogens is 3. The molecule has 0 amide bonds. The van der Waals surface area contributed by atoms with Crippen molar-refractivity contribution in [2.75, 3.05) is 6.54 Å². The minimum Gasteiger partial charge on any atom is -0.370 e. The molecule has 0 radical (unpaired) electrons. The largest absolute Gasteiger partial charge is 0.370 e. The molecule has 0 saturated heterocycles. The summed E-state index contributed by atoms with van der Waals surface area (Å²) >= 11 is 3.25. The Morgan fingerprint density at radius 2 is 2.16 bits per heavy atom. The summed E-state index contributed by atoms with van der Waals surface area (Å²) in [4.78, 5) is 4.20. The topological polar surface area (TPSA) is 50.4 Å². The van der Waals surface area contributed by atoms with Crippen LogP contribution in [0.5, 0.6) is 0 Å². The molecule has 0 aromatic heterocycles. The number of benzene rings is 1. The summed E-state index contributed by atoms with van der Waals surface area (Å²) in [6.07, 6.45) is 3.87. The van der Waals surface area contributed by atoms with Crippen molar-refractivity contribution in [3.05, 3.63) is 34.1 Å². The van der Waals surface area contributed by atoms with E-state index in [-0.39, 0.29) is 29.8 Å². The molecule has 1 aliphatic carbocycles. The van der Waals surface area contributed by atoms with E-state index in [0.717, 1.165) is 18.0 Å². The molecule has 0 aliphatic heterocycles. The van der Waals surface area contributed by atoms with E-state index < -0.39 is 0 Å². The monoisotopic (exact) mass is 441 g/mol. The number of hydrogen-bond acceptors (Lipinski definition) is 1. The third kappa shape index (κ3) is 5.64. The highest BCUT2D eigenvalue weighted by Crippen LogP contribution is 2.25. The molecule has 19 heavy (non-hydrogen) atoms. The second kappa shape index (κ2) is 8.04. The number of rotatable bonds is 4. The quantitative estimate of drug-likeness (QED) is 0.427. The molecule has 2 rings (SSSR count). The second-order valence-corrected chi connectivity index (χ2v) is 5.57. The van der Waals surface area contributed by atoms with Crippen molar-refractivity contribution in [1.29, 1.82) is 0 Å². The van der Waals surface area contributed by atoms with Gasteiger partial charge in [0.15, 0.2) is 5.96 Å². The summed E-state index contributed by atoms with van der Waals surface area (Å²) in [5.74, 6) is 0.903. The highest BCUT2D eigenvalue weighted by atomic mass is 127. The number of nitrogens with one attached hydrogen (secondary N) is 1. The van der Waals surface area contributed by atoms with Gasteiger partial charge in [0.25, 0.3) is 0 Å².